The molecule has 2 saturated carbocycles. The predicted octanol–water partition coefficient (Wildman–Crippen LogP) is 2.37. The summed E-state index contributed by atoms with van der Waals surface area (Å²) in [5.74, 6) is -4.41. The third-order valence-corrected chi connectivity index (χ3v) is 7.12. The first-order chi connectivity index (χ1) is 11.7. The zero-order chi connectivity index (χ0) is 18.5. The average molecular weight is 443 g/mol. The van der Waals surface area contributed by atoms with Gasteiger partial charge in [-0.15, -0.1) is 12.4 Å². The molecule has 144 valence electrons. The topological polar surface area (TPSA) is 121 Å². The largest absolute Gasteiger partial charge is 0.481 e. The second-order valence-corrected chi connectivity index (χ2v) is 8.41. The summed E-state index contributed by atoms with van der Waals surface area (Å²) in [5.41, 5.74) is 5.29. The SMILES string of the molecule is Cl.N[C@]1(C(=O)O)[C@@H]2[C@@H](C(=O)O)[C@@H]2[C@H](O)[C@H]1CSCc1ccc(Cl)c(Cl)c1. The molecule has 0 aliphatic heterocycles. The number of rotatable bonds is 6. The third kappa shape index (κ3) is 3.41. The zero-order valence-electron chi connectivity index (χ0n) is 13.3. The van der Waals surface area contributed by atoms with E-state index in [0.717, 1.165) is 5.56 Å². The summed E-state index contributed by atoms with van der Waals surface area (Å²) < 4.78 is 0. The maximum absolute atomic E-state index is 11.7. The number of carboxylic acid groups (broad SMARTS) is 2. The van der Waals surface area contributed by atoms with Gasteiger partial charge >= 0.3 is 11.9 Å². The second-order valence-electron chi connectivity index (χ2n) is 6.57. The number of nitrogens with two attached hydrogens (primary N) is 1. The Bertz CT molecular complexity index is 736. The highest BCUT2D eigenvalue weighted by atomic mass is 35.5. The number of aliphatic hydroxyl groups excluding tert-OH is 1. The molecular formula is C16H18Cl3NO5S. The van der Waals surface area contributed by atoms with E-state index in [-0.39, 0.29) is 12.4 Å². The van der Waals surface area contributed by atoms with Crippen molar-refractivity contribution in [2.24, 2.45) is 29.4 Å². The summed E-state index contributed by atoms with van der Waals surface area (Å²) in [4.78, 5) is 22.9. The molecule has 2 aliphatic rings. The van der Waals surface area contributed by atoms with E-state index in [9.17, 15) is 19.8 Å². The number of carboxylic acids is 2. The summed E-state index contributed by atoms with van der Waals surface area (Å²) in [7, 11) is 0. The van der Waals surface area contributed by atoms with E-state index in [1.54, 1.807) is 12.1 Å². The highest BCUT2D eigenvalue weighted by molar-refractivity contribution is 7.98. The van der Waals surface area contributed by atoms with Crippen LogP contribution in [0.5, 0.6) is 0 Å². The summed E-state index contributed by atoms with van der Waals surface area (Å²) in [5, 5.41) is 30.0. The normalized spacial score (nSPS) is 34.7. The number of halogens is 3. The van der Waals surface area contributed by atoms with Gasteiger partial charge < -0.3 is 21.1 Å². The monoisotopic (exact) mass is 441 g/mol. The van der Waals surface area contributed by atoms with Gasteiger partial charge in [0.25, 0.3) is 0 Å². The molecule has 6 nitrogen and oxygen atoms in total. The van der Waals surface area contributed by atoms with Crippen molar-refractivity contribution in [3.05, 3.63) is 33.8 Å². The zero-order valence-corrected chi connectivity index (χ0v) is 16.5. The van der Waals surface area contributed by atoms with Crippen LogP contribution >= 0.6 is 47.4 Å². The number of thioether (sulfide) groups is 1. The minimum Gasteiger partial charge on any atom is -0.481 e. The van der Waals surface area contributed by atoms with Crippen LogP contribution in [0.4, 0.5) is 0 Å². The number of benzene rings is 1. The van der Waals surface area contributed by atoms with E-state index in [1.807, 2.05) is 6.07 Å². The molecule has 1 aromatic carbocycles. The summed E-state index contributed by atoms with van der Waals surface area (Å²) in [6.07, 6.45) is -1.03. The number of aliphatic carboxylic acids is 2. The Hall–Kier alpha value is -0.700. The molecule has 2 aliphatic carbocycles. The van der Waals surface area contributed by atoms with E-state index in [2.05, 4.69) is 0 Å². The Balaban J connectivity index is 0.00000243. The van der Waals surface area contributed by atoms with Gasteiger partial charge in [-0.05, 0) is 17.7 Å². The van der Waals surface area contributed by atoms with Gasteiger partial charge in [0.2, 0.25) is 0 Å². The van der Waals surface area contributed by atoms with Crippen molar-refractivity contribution in [2.75, 3.05) is 5.75 Å². The molecule has 0 radical (unpaired) electrons. The summed E-state index contributed by atoms with van der Waals surface area (Å²) >= 11 is 13.3. The van der Waals surface area contributed by atoms with Crippen LogP contribution in [-0.2, 0) is 15.3 Å². The van der Waals surface area contributed by atoms with Crippen LogP contribution in [0.2, 0.25) is 10.0 Å². The molecule has 2 fully saturated rings. The first kappa shape index (κ1) is 21.6. The van der Waals surface area contributed by atoms with E-state index >= 15 is 0 Å². The van der Waals surface area contributed by atoms with Crippen LogP contribution in [0.1, 0.15) is 5.56 Å². The Morgan fingerprint density at radius 3 is 2.42 bits per heavy atom. The van der Waals surface area contributed by atoms with Gasteiger partial charge in [-0.3, -0.25) is 9.59 Å². The van der Waals surface area contributed by atoms with Crippen molar-refractivity contribution in [1.29, 1.82) is 0 Å². The average Bonchev–Trinajstić information content (AvgIpc) is 3.25. The van der Waals surface area contributed by atoms with Crippen LogP contribution in [0.15, 0.2) is 18.2 Å². The van der Waals surface area contributed by atoms with E-state index in [0.29, 0.717) is 21.6 Å². The van der Waals surface area contributed by atoms with E-state index < -0.39 is 47.3 Å². The van der Waals surface area contributed by atoms with E-state index in [4.69, 9.17) is 34.0 Å². The Morgan fingerprint density at radius 2 is 1.88 bits per heavy atom. The summed E-state index contributed by atoms with van der Waals surface area (Å²) in [6, 6.07) is 5.23. The van der Waals surface area contributed by atoms with Crippen LogP contribution < -0.4 is 5.73 Å². The number of hydrogen-bond donors (Lipinski definition) is 4. The van der Waals surface area contributed by atoms with Crippen molar-refractivity contribution in [3.8, 4) is 0 Å². The van der Waals surface area contributed by atoms with E-state index in [1.165, 1.54) is 11.8 Å². The number of fused-ring (bicyclic) bond motifs is 1. The standard InChI is InChI=1S/C16H17Cl2NO5S.ClH/c17-8-2-1-6(3-9(8)18)4-25-5-7-13(20)10-11(14(21)22)12(10)16(7,19)15(23)24;/h1-3,7,10-13,20H,4-5,19H2,(H,21,22)(H,23,24);1H/t7-,10+,11+,12+,13-,16+;/m1./s1. The number of carbonyl (C=O) groups is 2. The lowest BCUT2D eigenvalue weighted by atomic mass is 9.81. The van der Waals surface area contributed by atoms with Gasteiger partial charge in [0.15, 0.2) is 0 Å². The highest BCUT2D eigenvalue weighted by Gasteiger charge is 2.77. The van der Waals surface area contributed by atoms with Gasteiger partial charge in [0, 0.05) is 29.3 Å². The fraction of sp³-hybridized carbons (Fsp3) is 0.500. The maximum Gasteiger partial charge on any atom is 0.324 e. The Kier molecular flexibility index (Phi) is 6.42. The molecule has 0 bridgehead atoms. The minimum atomic E-state index is -1.72. The molecular weight excluding hydrogens is 425 g/mol. The molecule has 0 unspecified atom stereocenters. The van der Waals surface area contributed by atoms with Gasteiger partial charge in [-0.1, -0.05) is 29.3 Å². The molecule has 6 atom stereocenters. The van der Waals surface area contributed by atoms with Crippen LogP contribution in [0.25, 0.3) is 0 Å². The van der Waals surface area contributed by atoms with Gasteiger partial charge in [0.05, 0.1) is 22.1 Å². The smallest absolute Gasteiger partial charge is 0.324 e. The van der Waals surface area contributed by atoms with Crippen molar-refractivity contribution in [2.45, 2.75) is 17.4 Å². The molecule has 26 heavy (non-hydrogen) atoms. The Labute approximate surface area is 170 Å². The van der Waals surface area contributed by atoms with Crippen molar-refractivity contribution < 1.29 is 24.9 Å². The molecule has 0 amide bonds. The van der Waals surface area contributed by atoms with Crippen molar-refractivity contribution in [1.82, 2.24) is 0 Å². The lowest BCUT2D eigenvalue weighted by molar-refractivity contribution is -0.148. The molecule has 10 heteroatoms. The molecule has 0 aromatic heterocycles. The van der Waals surface area contributed by atoms with Gasteiger partial charge in [-0.2, -0.15) is 11.8 Å². The number of hydrogen-bond acceptors (Lipinski definition) is 5. The molecule has 3 rings (SSSR count). The molecule has 1 aromatic rings. The Morgan fingerprint density at radius 1 is 1.23 bits per heavy atom. The fourth-order valence-corrected chi connectivity index (χ4v) is 5.54. The first-order valence-electron chi connectivity index (χ1n) is 7.64. The lowest BCUT2D eigenvalue weighted by Gasteiger charge is -2.32. The van der Waals surface area contributed by atoms with Crippen LogP contribution in [0.3, 0.4) is 0 Å². The quantitative estimate of drug-likeness (QED) is 0.533. The van der Waals surface area contributed by atoms with Crippen molar-refractivity contribution in [3.63, 3.8) is 0 Å². The first-order valence-corrected chi connectivity index (χ1v) is 9.55. The molecule has 0 heterocycles. The number of aliphatic hydroxyl groups is 1. The maximum atomic E-state index is 11.7. The molecule has 0 spiro atoms. The molecule has 5 N–H and O–H groups in total. The fourth-order valence-electron chi connectivity index (χ4n) is 3.96. The highest BCUT2D eigenvalue weighted by Crippen LogP contribution is 2.64. The van der Waals surface area contributed by atoms with Gasteiger partial charge in [0.1, 0.15) is 5.54 Å². The third-order valence-electron chi connectivity index (χ3n) is 5.25. The summed E-state index contributed by atoms with van der Waals surface area (Å²) in [6.45, 7) is 0. The van der Waals surface area contributed by atoms with Crippen molar-refractivity contribution >= 4 is 59.3 Å². The second kappa shape index (κ2) is 7.73. The lowest BCUT2D eigenvalue weighted by Crippen LogP contribution is -2.58. The minimum absolute atomic E-state index is 0. The van der Waals surface area contributed by atoms with Gasteiger partial charge in [-0.25, -0.2) is 0 Å². The molecule has 0 saturated heterocycles. The van der Waals surface area contributed by atoms with Crippen LogP contribution in [0, 0.1) is 23.7 Å². The predicted molar refractivity (Wildman–Crippen MR) is 102 cm³/mol. The van der Waals surface area contributed by atoms with Crippen LogP contribution in [-0.4, -0.2) is 44.7 Å².